The van der Waals surface area contributed by atoms with E-state index in [1.807, 2.05) is 7.05 Å². The molecule has 4 nitrogen and oxygen atoms in total. The number of nitrogens with two attached hydrogens (primary N) is 1. The van der Waals surface area contributed by atoms with E-state index in [0.717, 1.165) is 13.0 Å². The molecule has 1 heterocycles. The number of hydrogen-bond donors (Lipinski definition) is 2. The quantitative estimate of drug-likeness (QED) is 0.848. The molecule has 3 N–H and O–H groups in total. The van der Waals surface area contributed by atoms with Crippen LogP contribution in [-0.2, 0) is 4.79 Å². The van der Waals surface area contributed by atoms with Crippen molar-refractivity contribution in [1.82, 2.24) is 4.90 Å². The van der Waals surface area contributed by atoms with Crippen molar-refractivity contribution in [3.05, 3.63) is 30.1 Å². The Kier molecular flexibility index (Phi) is 3.52. The second-order valence-electron chi connectivity index (χ2n) is 4.92. The Morgan fingerprint density at radius 1 is 1.44 bits per heavy atom. The number of primary amides is 1. The van der Waals surface area contributed by atoms with Crippen LogP contribution in [0.5, 0.6) is 0 Å². The van der Waals surface area contributed by atoms with E-state index in [1.165, 1.54) is 12.1 Å². The molecule has 0 aliphatic carbocycles. The van der Waals surface area contributed by atoms with Gasteiger partial charge in [0.25, 0.3) is 0 Å². The van der Waals surface area contributed by atoms with Crippen molar-refractivity contribution in [1.29, 1.82) is 0 Å². The summed E-state index contributed by atoms with van der Waals surface area (Å²) in [6, 6.07) is 5.97. The Balaban J connectivity index is 2.20. The number of amides is 1. The first-order chi connectivity index (χ1) is 8.52. The lowest BCUT2D eigenvalue weighted by Gasteiger charge is -2.40. The van der Waals surface area contributed by atoms with Crippen LogP contribution < -0.4 is 11.1 Å². The van der Waals surface area contributed by atoms with Gasteiger partial charge in [-0.15, -0.1) is 0 Å². The molecular weight excluding hydrogens is 233 g/mol. The van der Waals surface area contributed by atoms with E-state index in [9.17, 15) is 9.18 Å². The molecule has 1 fully saturated rings. The summed E-state index contributed by atoms with van der Waals surface area (Å²) in [5.41, 5.74) is 5.49. The highest BCUT2D eigenvalue weighted by atomic mass is 19.1. The summed E-state index contributed by atoms with van der Waals surface area (Å²) in [7, 11) is 1.96. The number of likely N-dealkylation sites (tertiary alicyclic amines) is 1. The summed E-state index contributed by atoms with van der Waals surface area (Å²) < 4.78 is 12.9. The number of likely N-dealkylation sites (N-methyl/N-ethyl adjacent to an activating group) is 1. The number of carbonyl (C=O) groups is 1. The summed E-state index contributed by atoms with van der Waals surface area (Å²) in [6.45, 7) is 1.53. The number of carbonyl (C=O) groups excluding carboxylic acids is 1. The Hall–Kier alpha value is -1.62. The number of benzene rings is 1. The van der Waals surface area contributed by atoms with Crippen molar-refractivity contribution >= 4 is 11.6 Å². The lowest BCUT2D eigenvalue weighted by atomic mass is 9.88. The van der Waals surface area contributed by atoms with Crippen LogP contribution in [-0.4, -0.2) is 36.5 Å². The molecule has 1 saturated heterocycles. The number of piperidine rings is 1. The molecule has 1 aromatic rings. The molecule has 1 aliphatic heterocycles. The van der Waals surface area contributed by atoms with Crippen molar-refractivity contribution in [3.8, 4) is 0 Å². The second-order valence-corrected chi connectivity index (χ2v) is 4.92. The number of hydrogen-bond acceptors (Lipinski definition) is 3. The van der Waals surface area contributed by atoms with Crippen LogP contribution in [0.3, 0.4) is 0 Å². The third-order valence-electron chi connectivity index (χ3n) is 3.38. The Morgan fingerprint density at radius 2 is 2.11 bits per heavy atom. The molecule has 1 amide bonds. The van der Waals surface area contributed by atoms with Crippen molar-refractivity contribution in [2.75, 3.05) is 25.5 Å². The molecule has 98 valence electrons. The smallest absolute Gasteiger partial charge is 0.244 e. The van der Waals surface area contributed by atoms with Gasteiger partial charge in [0.15, 0.2) is 0 Å². The first kappa shape index (κ1) is 12.8. The maximum atomic E-state index is 12.9. The van der Waals surface area contributed by atoms with Crippen molar-refractivity contribution in [3.63, 3.8) is 0 Å². The molecule has 1 aliphatic rings. The van der Waals surface area contributed by atoms with Gasteiger partial charge in [-0.25, -0.2) is 4.39 Å². The molecule has 2 rings (SSSR count). The first-order valence-electron chi connectivity index (χ1n) is 6.04. The maximum absolute atomic E-state index is 12.9. The van der Waals surface area contributed by atoms with Crippen LogP contribution in [0, 0.1) is 5.82 Å². The normalized spacial score (nSPS) is 24.8. The summed E-state index contributed by atoms with van der Waals surface area (Å²) in [5.74, 6) is -0.659. The fraction of sp³-hybridized carbons (Fsp3) is 0.462. The van der Waals surface area contributed by atoms with Gasteiger partial charge >= 0.3 is 0 Å². The lowest BCUT2D eigenvalue weighted by molar-refractivity contribution is -0.123. The number of nitrogens with zero attached hydrogens (tertiary/aromatic N) is 1. The summed E-state index contributed by atoms with van der Waals surface area (Å²) >= 11 is 0. The molecule has 0 aromatic heterocycles. The van der Waals surface area contributed by atoms with Crippen LogP contribution in [0.15, 0.2) is 24.3 Å². The standard InChI is InChI=1S/C13H18FN3O/c1-17-8-2-7-13(9-17,12(15)18)16-11-5-3-10(14)4-6-11/h3-6,16H,2,7-9H2,1H3,(H2,15,18). The predicted molar refractivity (Wildman–Crippen MR) is 68.7 cm³/mol. The van der Waals surface area contributed by atoms with E-state index in [-0.39, 0.29) is 11.7 Å². The van der Waals surface area contributed by atoms with Gasteiger partial charge in [-0.1, -0.05) is 0 Å². The average molecular weight is 251 g/mol. The molecule has 0 bridgehead atoms. The van der Waals surface area contributed by atoms with E-state index in [0.29, 0.717) is 18.7 Å². The van der Waals surface area contributed by atoms with Crippen LogP contribution in [0.4, 0.5) is 10.1 Å². The minimum absolute atomic E-state index is 0.297. The van der Waals surface area contributed by atoms with E-state index in [2.05, 4.69) is 10.2 Å². The Morgan fingerprint density at radius 3 is 2.67 bits per heavy atom. The number of halogens is 1. The summed E-state index contributed by atoms with van der Waals surface area (Å²) in [6.07, 6.45) is 1.61. The van der Waals surface area contributed by atoms with Crippen LogP contribution >= 0.6 is 0 Å². The van der Waals surface area contributed by atoms with Crippen molar-refractivity contribution in [2.24, 2.45) is 5.73 Å². The van der Waals surface area contributed by atoms with Crippen molar-refractivity contribution in [2.45, 2.75) is 18.4 Å². The number of rotatable bonds is 3. The number of anilines is 1. The van der Waals surface area contributed by atoms with Gasteiger partial charge in [0, 0.05) is 12.2 Å². The van der Waals surface area contributed by atoms with Gasteiger partial charge in [0.05, 0.1) is 0 Å². The molecule has 0 saturated carbocycles. The largest absolute Gasteiger partial charge is 0.370 e. The second kappa shape index (κ2) is 4.94. The summed E-state index contributed by atoms with van der Waals surface area (Å²) in [5, 5.41) is 3.17. The predicted octanol–water partition coefficient (Wildman–Crippen LogP) is 1.19. The van der Waals surface area contributed by atoms with Crippen molar-refractivity contribution < 1.29 is 9.18 Å². The molecule has 0 spiro atoms. The lowest BCUT2D eigenvalue weighted by Crippen LogP contribution is -2.59. The molecule has 1 unspecified atom stereocenters. The van der Waals surface area contributed by atoms with E-state index >= 15 is 0 Å². The zero-order valence-corrected chi connectivity index (χ0v) is 10.4. The monoisotopic (exact) mass is 251 g/mol. The molecule has 0 radical (unpaired) electrons. The van der Waals surface area contributed by atoms with Gasteiger partial charge in [-0.2, -0.15) is 0 Å². The minimum atomic E-state index is -0.759. The van der Waals surface area contributed by atoms with E-state index < -0.39 is 5.54 Å². The highest BCUT2D eigenvalue weighted by Gasteiger charge is 2.39. The molecule has 1 aromatic carbocycles. The van der Waals surface area contributed by atoms with Gasteiger partial charge in [-0.3, -0.25) is 4.79 Å². The van der Waals surface area contributed by atoms with E-state index in [4.69, 9.17) is 5.73 Å². The molecule has 5 heteroatoms. The van der Waals surface area contributed by atoms with Crippen LogP contribution in [0.2, 0.25) is 0 Å². The van der Waals surface area contributed by atoms with E-state index in [1.54, 1.807) is 12.1 Å². The highest BCUT2D eigenvalue weighted by molar-refractivity contribution is 5.88. The Bertz CT molecular complexity index is 434. The van der Waals surface area contributed by atoms with Gasteiger partial charge in [0.1, 0.15) is 11.4 Å². The zero-order chi connectivity index (χ0) is 13.2. The summed E-state index contributed by atoms with van der Waals surface area (Å²) in [4.78, 5) is 13.8. The molecule has 18 heavy (non-hydrogen) atoms. The fourth-order valence-corrected chi connectivity index (χ4v) is 2.44. The zero-order valence-electron chi connectivity index (χ0n) is 10.4. The molecule has 1 atom stereocenters. The van der Waals surface area contributed by atoms with Gasteiger partial charge in [-0.05, 0) is 50.7 Å². The number of nitrogens with one attached hydrogen (secondary N) is 1. The van der Waals surface area contributed by atoms with Crippen LogP contribution in [0.1, 0.15) is 12.8 Å². The van der Waals surface area contributed by atoms with Crippen LogP contribution in [0.25, 0.3) is 0 Å². The van der Waals surface area contributed by atoms with Gasteiger partial charge < -0.3 is 16.0 Å². The maximum Gasteiger partial charge on any atom is 0.244 e. The highest BCUT2D eigenvalue weighted by Crippen LogP contribution is 2.25. The Labute approximate surface area is 106 Å². The average Bonchev–Trinajstić information content (AvgIpc) is 2.32. The third-order valence-corrected chi connectivity index (χ3v) is 3.38. The fourth-order valence-electron chi connectivity index (χ4n) is 2.44. The minimum Gasteiger partial charge on any atom is -0.370 e. The SMILES string of the molecule is CN1CCCC(Nc2ccc(F)cc2)(C(N)=O)C1. The third kappa shape index (κ3) is 2.61. The molecular formula is C13H18FN3O. The van der Waals surface area contributed by atoms with Gasteiger partial charge in [0.2, 0.25) is 5.91 Å². The first-order valence-corrected chi connectivity index (χ1v) is 6.04. The topological polar surface area (TPSA) is 58.4 Å².